The molecule has 21 heavy (non-hydrogen) atoms. The van der Waals surface area contributed by atoms with Gasteiger partial charge in [0.05, 0.1) is 6.54 Å². The molecule has 2 aliphatic rings. The van der Waals surface area contributed by atoms with E-state index in [-0.39, 0.29) is 11.3 Å². The van der Waals surface area contributed by atoms with Gasteiger partial charge in [-0.3, -0.25) is 9.69 Å². The van der Waals surface area contributed by atoms with Crippen LogP contribution in [0, 0.1) is 5.41 Å². The number of amides is 1. The Morgan fingerprint density at radius 2 is 2.00 bits per heavy atom. The van der Waals surface area contributed by atoms with Crippen LogP contribution in [0.5, 0.6) is 0 Å². The highest BCUT2D eigenvalue weighted by molar-refractivity contribution is 5.78. The lowest BCUT2D eigenvalue weighted by Gasteiger charge is -2.35. The maximum atomic E-state index is 12.2. The molecular formula is C16H32N4O. The predicted molar refractivity (Wildman–Crippen MR) is 86.1 cm³/mol. The molecule has 0 aromatic carbocycles. The summed E-state index contributed by atoms with van der Waals surface area (Å²) in [6.07, 6.45) is 3.25. The fraction of sp³-hybridized carbons (Fsp3) is 0.938. The molecule has 1 amide bonds. The number of carbonyl (C=O) groups excluding carboxylic acids is 1. The molecule has 5 heteroatoms. The van der Waals surface area contributed by atoms with Gasteiger partial charge >= 0.3 is 0 Å². The molecule has 0 aliphatic carbocycles. The molecule has 0 bridgehead atoms. The van der Waals surface area contributed by atoms with Crippen molar-refractivity contribution in [1.29, 1.82) is 0 Å². The zero-order valence-corrected chi connectivity index (χ0v) is 13.9. The van der Waals surface area contributed by atoms with Crippen LogP contribution in [0.4, 0.5) is 0 Å². The molecule has 1 unspecified atom stereocenters. The van der Waals surface area contributed by atoms with E-state index in [0.717, 1.165) is 45.4 Å². The Balaban J connectivity index is 1.69. The van der Waals surface area contributed by atoms with E-state index in [1.807, 2.05) is 0 Å². The molecule has 122 valence electrons. The summed E-state index contributed by atoms with van der Waals surface area (Å²) >= 11 is 0. The summed E-state index contributed by atoms with van der Waals surface area (Å²) in [5.41, 5.74) is 6.01. The van der Waals surface area contributed by atoms with Crippen molar-refractivity contribution in [2.45, 2.75) is 52.1 Å². The Bertz CT molecular complexity index is 352. The van der Waals surface area contributed by atoms with Crippen LogP contribution in [-0.2, 0) is 4.79 Å². The highest BCUT2D eigenvalue weighted by Crippen LogP contribution is 2.28. The van der Waals surface area contributed by atoms with Crippen LogP contribution in [0.1, 0.15) is 40.0 Å². The van der Waals surface area contributed by atoms with Gasteiger partial charge in [-0.25, -0.2) is 0 Å². The summed E-state index contributed by atoms with van der Waals surface area (Å²) < 4.78 is 0. The fourth-order valence-corrected chi connectivity index (χ4v) is 3.46. The maximum Gasteiger partial charge on any atom is 0.234 e. The van der Waals surface area contributed by atoms with Crippen molar-refractivity contribution >= 4 is 5.91 Å². The van der Waals surface area contributed by atoms with Gasteiger partial charge in [0.1, 0.15) is 0 Å². The number of hydrogen-bond acceptors (Lipinski definition) is 4. The van der Waals surface area contributed by atoms with Crippen LogP contribution in [0.2, 0.25) is 0 Å². The summed E-state index contributed by atoms with van der Waals surface area (Å²) in [6, 6.07) is 0.969. The summed E-state index contributed by atoms with van der Waals surface area (Å²) in [5.74, 6) is 0.180. The third kappa shape index (κ3) is 4.66. The molecule has 0 aromatic rings. The molecule has 0 saturated carbocycles. The number of carbonyl (C=O) groups is 1. The Morgan fingerprint density at radius 3 is 2.52 bits per heavy atom. The molecule has 2 heterocycles. The Hall–Kier alpha value is -0.650. The van der Waals surface area contributed by atoms with Crippen molar-refractivity contribution in [3.63, 3.8) is 0 Å². The monoisotopic (exact) mass is 296 g/mol. The van der Waals surface area contributed by atoms with Crippen LogP contribution in [0.3, 0.4) is 0 Å². The van der Waals surface area contributed by atoms with Crippen molar-refractivity contribution in [1.82, 2.24) is 15.1 Å². The average molecular weight is 296 g/mol. The van der Waals surface area contributed by atoms with E-state index in [1.54, 1.807) is 0 Å². The van der Waals surface area contributed by atoms with Gasteiger partial charge in [0.25, 0.3) is 0 Å². The summed E-state index contributed by atoms with van der Waals surface area (Å²) in [4.78, 5) is 16.9. The van der Waals surface area contributed by atoms with E-state index in [4.69, 9.17) is 5.73 Å². The topological polar surface area (TPSA) is 61.6 Å². The Kier molecular flexibility index (Phi) is 5.63. The third-order valence-electron chi connectivity index (χ3n) is 5.12. The van der Waals surface area contributed by atoms with Crippen LogP contribution in [0.15, 0.2) is 0 Å². The minimum atomic E-state index is 0.180. The summed E-state index contributed by atoms with van der Waals surface area (Å²) in [5, 5.41) is 3.21. The number of hydrogen-bond donors (Lipinski definition) is 2. The highest BCUT2D eigenvalue weighted by atomic mass is 16.2. The highest BCUT2D eigenvalue weighted by Gasteiger charge is 2.33. The van der Waals surface area contributed by atoms with Gasteiger partial charge in [0.2, 0.25) is 5.91 Å². The molecular weight excluding hydrogens is 264 g/mol. The van der Waals surface area contributed by atoms with Gasteiger partial charge in [-0.1, -0.05) is 6.92 Å². The lowest BCUT2D eigenvalue weighted by Crippen LogP contribution is -2.48. The quantitative estimate of drug-likeness (QED) is 0.782. The number of nitrogens with two attached hydrogens (primary N) is 1. The van der Waals surface area contributed by atoms with Crippen molar-refractivity contribution in [3.8, 4) is 0 Å². The molecule has 0 aromatic heterocycles. The standard InChI is InChI=1S/C16H32N4O/c1-13(2)20-7-4-14(5-8-20)18-15(21)10-19-9-6-16(3,11-17)12-19/h13-14H,4-12,17H2,1-3H3,(H,18,21). The second kappa shape index (κ2) is 7.07. The first kappa shape index (κ1) is 16.7. The Labute approximate surface area is 129 Å². The Morgan fingerprint density at radius 1 is 1.33 bits per heavy atom. The lowest BCUT2D eigenvalue weighted by molar-refractivity contribution is -0.123. The first-order valence-electron chi connectivity index (χ1n) is 8.38. The van der Waals surface area contributed by atoms with E-state index in [9.17, 15) is 4.79 Å². The van der Waals surface area contributed by atoms with E-state index < -0.39 is 0 Å². The second-order valence-corrected chi connectivity index (χ2v) is 7.45. The van der Waals surface area contributed by atoms with Crippen LogP contribution in [-0.4, -0.2) is 67.1 Å². The normalized spacial score (nSPS) is 29.2. The predicted octanol–water partition coefficient (Wildman–Crippen LogP) is 0.646. The summed E-state index contributed by atoms with van der Waals surface area (Å²) in [7, 11) is 0. The van der Waals surface area contributed by atoms with Crippen molar-refractivity contribution in [3.05, 3.63) is 0 Å². The lowest BCUT2D eigenvalue weighted by atomic mass is 9.90. The molecule has 2 fully saturated rings. The second-order valence-electron chi connectivity index (χ2n) is 7.45. The molecule has 0 spiro atoms. The van der Waals surface area contributed by atoms with E-state index in [0.29, 0.717) is 25.2 Å². The first-order chi connectivity index (χ1) is 9.92. The molecule has 0 radical (unpaired) electrons. The van der Waals surface area contributed by atoms with Crippen LogP contribution < -0.4 is 11.1 Å². The van der Waals surface area contributed by atoms with Gasteiger partial charge in [-0.15, -0.1) is 0 Å². The van der Waals surface area contributed by atoms with Crippen molar-refractivity contribution < 1.29 is 4.79 Å². The third-order valence-corrected chi connectivity index (χ3v) is 5.12. The van der Waals surface area contributed by atoms with E-state index in [1.165, 1.54) is 0 Å². The SMILES string of the molecule is CC(C)N1CCC(NC(=O)CN2CCC(C)(CN)C2)CC1. The molecule has 2 aliphatic heterocycles. The number of nitrogens with zero attached hydrogens (tertiary/aromatic N) is 2. The number of rotatable bonds is 5. The zero-order valence-electron chi connectivity index (χ0n) is 13.9. The van der Waals surface area contributed by atoms with Gasteiger partial charge < -0.3 is 16.0 Å². The van der Waals surface area contributed by atoms with Crippen molar-refractivity contribution in [2.75, 3.05) is 39.3 Å². The number of piperidine rings is 1. The molecule has 2 rings (SSSR count). The fourth-order valence-electron chi connectivity index (χ4n) is 3.46. The average Bonchev–Trinajstić information content (AvgIpc) is 2.81. The molecule has 5 nitrogen and oxygen atoms in total. The number of nitrogens with one attached hydrogen (secondary N) is 1. The van der Waals surface area contributed by atoms with Crippen LogP contribution >= 0.6 is 0 Å². The summed E-state index contributed by atoms with van der Waals surface area (Å²) in [6.45, 7) is 12.1. The minimum Gasteiger partial charge on any atom is -0.352 e. The van der Waals surface area contributed by atoms with Gasteiger partial charge in [-0.2, -0.15) is 0 Å². The molecule has 1 atom stereocenters. The molecule has 2 saturated heterocycles. The molecule has 3 N–H and O–H groups in total. The van der Waals surface area contributed by atoms with E-state index in [2.05, 4.69) is 35.9 Å². The smallest absolute Gasteiger partial charge is 0.234 e. The van der Waals surface area contributed by atoms with Crippen molar-refractivity contribution in [2.24, 2.45) is 11.1 Å². The zero-order chi connectivity index (χ0) is 15.5. The largest absolute Gasteiger partial charge is 0.352 e. The minimum absolute atomic E-state index is 0.180. The van der Waals surface area contributed by atoms with Gasteiger partial charge in [0.15, 0.2) is 0 Å². The van der Waals surface area contributed by atoms with Crippen LogP contribution in [0.25, 0.3) is 0 Å². The number of likely N-dealkylation sites (tertiary alicyclic amines) is 2. The van der Waals surface area contributed by atoms with Gasteiger partial charge in [0, 0.05) is 31.7 Å². The van der Waals surface area contributed by atoms with Gasteiger partial charge in [-0.05, 0) is 51.6 Å². The maximum absolute atomic E-state index is 12.2. The first-order valence-corrected chi connectivity index (χ1v) is 8.38. The van der Waals surface area contributed by atoms with E-state index >= 15 is 0 Å².